The minimum Gasteiger partial charge on any atom is -0.274 e. The van der Waals surface area contributed by atoms with Gasteiger partial charge in [-0.25, -0.2) is 8.42 Å². The summed E-state index contributed by atoms with van der Waals surface area (Å²) in [5.41, 5.74) is -0.958. The zero-order valence-electron chi connectivity index (χ0n) is 13.5. The molecule has 25 heavy (non-hydrogen) atoms. The molecular weight excluding hydrogens is 375 g/mol. The van der Waals surface area contributed by atoms with E-state index in [2.05, 4.69) is 5.10 Å². The van der Waals surface area contributed by atoms with E-state index in [-0.39, 0.29) is 6.04 Å². The minimum atomic E-state index is -4.84. The molecule has 0 bridgehead atoms. The highest BCUT2D eigenvalue weighted by Crippen LogP contribution is 2.38. The summed E-state index contributed by atoms with van der Waals surface area (Å²) in [5.74, 6) is 0. The first-order valence-corrected chi connectivity index (χ1v) is 10.3. The lowest BCUT2D eigenvalue weighted by Gasteiger charge is -2.34. The van der Waals surface area contributed by atoms with Gasteiger partial charge in [0.05, 0.1) is 5.69 Å². The number of hydrogen-bond donors (Lipinski definition) is 0. The summed E-state index contributed by atoms with van der Waals surface area (Å²) >= 11 is 1.31. The summed E-state index contributed by atoms with van der Waals surface area (Å²) in [4.78, 5) is -0.792. The highest BCUT2D eigenvalue weighted by Gasteiger charge is 2.44. The highest BCUT2D eigenvalue weighted by molar-refractivity contribution is 7.93. The van der Waals surface area contributed by atoms with E-state index < -0.39 is 26.8 Å². The lowest BCUT2D eigenvalue weighted by atomic mass is 9.95. The second-order valence-electron chi connectivity index (χ2n) is 6.09. The lowest BCUT2D eigenvalue weighted by molar-refractivity contribution is -0.143. The second kappa shape index (κ2) is 6.64. The standard InChI is InChI=1S/C15H18F3N3O2S2/c1-20-9-13(14(19-20)15(16,17)18)25(22,23)21(12-7-8-24-10-12)11-5-3-2-4-6-11/h7-11H,2-6H2,1H3. The molecule has 5 nitrogen and oxygen atoms in total. The van der Waals surface area contributed by atoms with E-state index in [0.29, 0.717) is 18.5 Å². The number of anilines is 1. The third-order valence-corrected chi connectivity index (χ3v) is 6.82. The summed E-state index contributed by atoms with van der Waals surface area (Å²) < 4.78 is 68.3. The van der Waals surface area contributed by atoms with Crippen molar-refractivity contribution in [2.24, 2.45) is 7.05 Å². The van der Waals surface area contributed by atoms with Crippen molar-refractivity contribution in [3.8, 4) is 0 Å². The van der Waals surface area contributed by atoms with Crippen molar-refractivity contribution >= 4 is 27.0 Å². The molecule has 2 aromatic rings. The average molecular weight is 393 g/mol. The molecule has 1 saturated carbocycles. The van der Waals surface area contributed by atoms with Gasteiger partial charge in [0.2, 0.25) is 0 Å². The van der Waals surface area contributed by atoms with E-state index in [4.69, 9.17) is 0 Å². The maximum Gasteiger partial charge on any atom is 0.436 e. The fraction of sp³-hybridized carbons (Fsp3) is 0.533. The molecule has 3 rings (SSSR count). The van der Waals surface area contributed by atoms with Gasteiger partial charge in [0.1, 0.15) is 4.90 Å². The predicted molar refractivity (Wildman–Crippen MR) is 89.1 cm³/mol. The van der Waals surface area contributed by atoms with E-state index in [9.17, 15) is 21.6 Å². The highest BCUT2D eigenvalue weighted by atomic mass is 32.2. The van der Waals surface area contributed by atoms with Crippen LogP contribution < -0.4 is 4.31 Å². The number of sulfonamides is 1. The first-order valence-electron chi connectivity index (χ1n) is 7.89. The van der Waals surface area contributed by atoms with Crippen LogP contribution in [0.25, 0.3) is 0 Å². The quantitative estimate of drug-likeness (QED) is 0.788. The number of thiophene rings is 1. The first-order chi connectivity index (χ1) is 11.7. The fourth-order valence-corrected chi connectivity index (χ4v) is 5.79. The SMILES string of the molecule is Cn1cc(S(=O)(=O)N(c2ccsc2)C2CCCCC2)c(C(F)(F)F)n1. The number of aryl methyl sites for hydroxylation is 1. The van der Waals surface area contributed by atoms with Crippen LogP contribution in [0, 0.1) is 0 Å². The van der Waals surface area contributed by atoms with Gasteiger partial charge in [-0.1, -0.05) is 19.3 Å². The molecule has 0 aromatic carbocycles. The van der Waals surface area contributed by atoms with Gasteiger partial charge in [-0.15, -0.1) is 0 Å². The smallest absolute Gasteiger partial charge is 0.274 e. The van der Waals surface area contributed by atoms with Crippen LogP contribution in [0.2, 0.25) is 0 Å². The molecule has 0 aliphatic heterocycles. The van der Waals surface area contributed by atoms with Crippen LogP contribution in [0.4, 0.5) is 18.9 Å². The molecule has 10 heteroatoms. The molecular formula is C15H18F3N3O2S2. The Balaban J connectivity index is 2.12. The number of aromatic nitrogens is 2. The molecule has 0 radical (unpaired) electrons. The van der Waals surface area contributed by atoms with Gasteiger partial charge >= 0.3 is 6.18 Å². The molecule has 138 valence electrons. The summed E-state index contributed by atoms with van der Waals surface area (Å²) in [7, 11) is -3.10. The molecule has 0 N–H and O–H groups in total. The minimum absolute atomic E-state index is 0.338. The molecule has 0 atom stereocenters. The van der Waals surface area contributed by atoms with Crippen LogP contribution in [0.3, 0.4) is 0 Å². The van der Waals surface area contributed by atoms with E-state index >= 15 is 0 Å². The Labute approximate surface area is 148 Å². The van der Waals surface area contributed by atoms with Crippen molar-refractivity contribution in [2.45, 2.75) is 49.2 Å². The molecule has 1 aliphatic carbocycles. The Morgan fingerprint density at radius 3 is 2.52 bits per heavy atom. The van der Waals surface area contributed by atoms with E-state index in [1.165, 1.54) is 18.4 Å². The molecule has 0 amide bonds. The number of alkyl halides is 3. The van der Waals surface area contributed by atoms with Crippen LogP contribution in [0.1, 0.15) is 37.8 Å². The van der Waals surface area contributed by atoms with Gasteiger partial charge in [-0.2, -0.15) is 29.6 Å². The molecule has 0 saturated heterocycles. The number of halogens is 3. The third kappa shape index (κ3) is 3.55. The van der Waals surface area contributed by atoms with E-state index in [1.807, 2.05) is 0 Å². The van der Waals surface area contributed by atoms with Gasteiger partial charge in [-0.05, 0) is 24.3 Å². The molecule has 1 aliphatic rings. The first kappa shape index (κ1) is 18.2. The maximum absolute atomic E-state index is 13.3. The Bertz CT molecular complexity index is 823. The zero-order valence-corrected chi connectivity index (χ0v) is 15.2. The van der Waals surface area contributed by atoms with Gasteiger partial charge in [-0.3, -0.25) is 8.99 Å². The summed E-state index contributed by atoms with van der Waals surface area (Å²) in [5, 5.41) is 6.71. The van der Waals surface area contributed by atoms with Crippen molar-refractivity contribution < 1.29 is 21.6 Å². The molecule has 0 unspecified atom stereocenters. The van der Waals surface area contributed by atoms with Crippen molar-refractivity contribution in [1.29, 1.82) is 0 Å². The third-order valence-electron chi connectivity index (χ3n) is 4.27. The van der Waals surface area contributed by atoms with Crippen LogP contribution in [-0.4, -0.2) is 24.2 Å². The van der Waals surface area contributed by atoms with Gasteiger partial charge in [0.25, 0.3) is 10.0 Å². The summed E-state index contributed by atoms with van der Waals surface area (Å²) in [6.45, 7) is 0. The van der Waals surface area contributed by atoms with Crippen LogP contribution in [0.15, 0.2) is 27.9 Å². The summed E-state index contributed by atoms with van der Waals surface area (Å²) in [6.07, 6.45) is 0.0962. The van der Waals surface area contributed by atoms with Crippen molar-refractivity contribution in [1.82, 2.24) is 9.78 Å². The van der Waals surface area contributed by atoms with Crippen molar-refractivity contribution in [3.05, 3.63) is 28.7 Å². The van der Waals surface area contributed by atoms with Crippen LogP contribution in [0.5, 0.6) is 0 Å². The number of nitrogens with zero attached hydrogens (tertiary/aromatic N) is 3. The van der Waals surface area contributed by atoms with E-state index in [1.54, 1.807) is 16.8 Å². The topological polar surface area (TPSA) is 55.2 Å². The van der Waals surface area contributed by atoms with Gasteiger partial charge < -0.3 is 0 Å². The normalized spacial score (nSPS) is 17.0. The molecule has 2 heterocycles. The lowest BCUT2D eigenvalue weighted by Crippen LogP contribution is -2.41. The number of rotatable bonds is 4. The van der Waals surface area contributed by atoms with E-state index in [0.717, 1.165) is 34.4 Å². The molecule has 2 aromatic heterocycles. The van der Waals surface area contributed by atoms with Crippen LogP contribution in [-0.2, 0) is 23.2 Å². The van der Waals surface area contributed by atoms with Crippen molar-refractivity contribution in [2.75, 3.05) is 4.31 Å². The number of hydrogen-bond acceptors (Lipinski definition) is 4. The zero-order chi connectivity index (χ0) is 18.2. The fourth-order valence-electron chi connectivity index (χ4n) is 3.20. The average Bonchev–Trinajstić information content (AvgIpc) is 3.17. The Morgan fingerprint density at radius 1 is 1.28 bits per heavy atom. The van der Waals surface area contributed by atoms with Gasteiger partial charge in [0, 0.05) is 24.7 Å². The Hall–Kier alpha value is -1.55. The largest absolute Gasteiger partial charge is 0.436 e. The predicted octanol–water partition coefficient (Wildman–Crippen LogP) is 4.03. The second-order valence-corrected chi connectivity index (χ2v) is 8.65. The van der Waals surface area contributed by atoms with Gasteiger partial charge in [0.15, 0.2) is 5.69 Å². The molecule has 1 fully saturated rings. The van der Waals surface area contributed by atoms with Crippen molar-refractivity contribution in [3.63, 3.8) is 0 Å². The Morgan fingerprint density at radius 2 is 1.96 bits per heavy atom. The molecule has 0 spiro atoms. The summed E-state index contributed by atoms with van der Waals surface area (Å²) in [6, 6.07) is 1.29. The van der Waals surface area contributed by atoms with Crippen LogP contribution >= 0.6 is 11.3 Å². The monoisotopic (exact) mass is 393 g/mol. The maximum atomic E-state index is 13.3. The Kier molecular flexibility index (Phi) is 4.84.